The van der Waals surface area contributed by atoms with E-state index < -0.39 is 0 Å². The first kappa shape index (κ1) is 34.2. The van der Waals surface area contributed by atoms with E-state index in [4.69, 9.17) is 9.73 Å². The molecule has 0 spiro atoms. The Morgan fingerprint density at radius 1 is 0.450 bits per heavy atom. The fourth-order valence-corrected chi connectivity index (χ4v) is 9.33. The third-order valence-electron chi connectivity index (χ3n) is 12.2. The summed E-state index contributed by atoms with van der Waals surface area (Å²) in [6.45, 7) is 0. The Kier molecular flexibility index (Phi) is 7.75. The van der Waals surface area contributed by atoms with Crippen molar-refractivity contribution in [3.63, 3.8) is 0 Å². The molecule has 1 atom stereocenters. The van der Waals surface area contributed by atoms with Crippen LogP contribution < -0.4 is 14.5 Å². The van der Waals surface area contributed by atoms with Gasteiger partial charge in [-0.05, 0) is 93.7 Å². The molecule has 0 saturated heterocycles. The van der Waals surface area contributed by atoms with E-state index in [2.05, 4.69) is 216 Å². The van der Waals surface area contributed by atoms with E-state index in [0.29, 0.717) is 0 Å². The molecular weight excluding hydrogens is 733 g/mol. The van der Waals surface area contributed by atoms with Crippen molar-refractivity contribution in [3.8, 4) is 33.8 Å². The summed E-state index contributed by atoms with van der Waals surface area (Å²) in [5.41, 5.74) is 14.3. The second-order valence-electron chi connectivity index (χ2n) is 15.6. The highest BCUT2D eigenvalue weighted by atomic mass is 16.5. The fourth-order valence-electron chi connectivity index (χ4n) is 9.33. The smallest absolute Gasteiger partial charge is 0.203 e. The summed E-state index contributed by atoms with van der Waals surface area (Å²) in [5.74, 6) is 1.66. The lowest BCUT2D eigenvalue weighted by Crippen LogP contribution is -2.33. The highest BCUT2D eigenvalue weighted by Gasteiger charge is 2.31. The van der Waals surface area contributed by atoms with Gasteiger partial charge in [-0.3, -0.25) is 0 Å². The zero-order chi connectivity index (χ0) is 39.7. The van der Waals surface area contributed by atoms with Gasteiger partial charge in [-0.2, -0.15) is 0 Å². The molecule has 9 aromatic carbocycles. The minimum absolute atomic E-state index is 0.336. The van der Waals surface area contributed by atoms with E-state index in [-0.39, 0.29) is 6.29 Å². The zero-order valence-electron chi connectivity index (χ0n) is 32.9. The summed E-state index contributed by atoms with van der Waals surface area (Å²) in [6, 6.07) is 73.5. The van der Waals surface area contributed by atoms with Gasteiger partial charge >= 0.3 is 0 Å². The summed E-state index contributed by atoms with van der Waals surface area (Å²) in [6.07, 6.45) is -0.336. The van der Waals surface area contributed by atoms with Crippen molar-refractivity contribution in [1.82, 2.24) is 4.57 Å². The van der Waals surface area contributed by atoms with E-state index in [0.717, 1.165) is 73.2 Å². The first-order chi connectivity index (χ1) is 29.7. The second-order valence-corrected chi connectivity index (χ2v) is 15.6. The standard InChI is InChI=1S/C55H38N4O/c1-57-46-21-11-10-20-44(46)54(39-26-24-37(25-27-39)36-14-4-2-5-15-36)56-55(57)59-47-31-29-40(34-45(47)53-43-19-9-8-16-38(43)28-33-50(53)59)41-30-32-49-52(35-41)60-51-23-13-12-22-48(51)58(49)42-17-6-3-7-18-42/h2-35,55H,1H3. The zero-order valence-corrected chi connectivity index (χ0v) is 32.9. The van der Waals surface area contributed by atoms with E-state index in [1.54, 1.807) is 0 Å². The van der Waals surface area contributed by atoms with E-state index in [9.17, 15) is 0 Å². The monoisotopic (exact) mass is 770 g/mol. The van der Waals surface area contributed by atoms with Gasteiger partial charge < -0.3 is 19.1 Å². The molecule has 3 heterocycles. The molecule has 0 radical (unpaired) electrons. The number of nitrogens with zero attached hydrogens (tertiary/aromatic N) is 4. The molecule has 284 valence electrons. The molecule has 0 aliphatic carbocycles. The van der Waals surface area contributed by atoms with Crippen molar-refractivity contribution in [2.75, 3.05) is 16.8 Å². The molecule has 0 bridgehead atoms. The van der Waals surface area contributed by atoms with Crippen LogP contribution in [-0.2, 0) is 0 Å². The number of hydrogen-bond acceptors (Lipinski definition) is 4. The number of benzene rings is 9. The van der Waals surface area contributed by atoms with Crippen molar-refractivity contribution >= 4 is 61.0 Å². The van der Waals surface area contributed by atoms with Gasteiger partial charge in [0.15, 0.2) is 11.5 Å². The molecule has 1 aromatic heterocycles. The van der Waals surface area contributed by atoms with Gasteiger partial charge in [-0.25, -0.2) is 4.99 Å². The SMILES string of the molecule is CN1c2ccccc2C(c2ccc(-c3ccccc3)cc2)=NC1n1c2ccc(-c3ccc4c(c3)Oc3ccccc3N4c3ccccc3)cc2c2c3ccccc3ccc21. The Hall–Kier alpha value is -7.89. The quantitative estimate of drug-likeness (QED) is 0.175. The molecule has 60 heavy (non-hydrogen) atoms. The molecule has 12 rings (SSSR count). The van der Waals surface area contributed by atoms with Gasteiger partial charge in [0.05, 0.1) is 28.1 Å². The number of para-hydroxylation sites is 4. The fraction of sp³-hybridized carbons (Fsp3) is 0.0364. The Bertz CT molecular complexity index is 3310. The van der Waals surface area contributed by atoms with Crippen molar-refractivity contribution in [2.45, 2.75) is 6.29 Å². The van der Waals surface area contributed by atoms with Crippen LogP contribution in [0.2, 0.25) is 0 Å². The second kappa shape index (κ2) is 13.6. The largest absolute Gasteiger partial charge is 0.453 e. The number of aliphatic imine (C=N–C) groups is 1. The van der Waals surface area contributed by atoms with E-state index in [1.165, 1.54) is 32.7 Å². The van der Waals surface area contributed by atoms with Gasteiger partial charge in [-0.15, -0.1) is 0 Å². The molecule has 2 aliphatic heterocycles. The Balaban J connectivity index is 1.03. The summed E-state index contributed by atoms with van der Waals surface area (Å²) in [4.78, 5) is 10.3. The minimum atomic E-state index is -0.336. The summed E-state index contributed by atoms with van der Waals surface area (Å²) >= 11 is 0. The maximum atomic E-state index is 6.64. The van der Waals surface area contributed by atoms with Gasteiger partial charge in [-0.1, -0.05) is 146 Å². The number of anilines is 4. The minimum Gasteiger partial charge on any atom is -0.453 e. The molecule has 10 aromatic rings. The van der Waals surface area contributed by atoms with Gasteiger partial charge in [0.25, 0.3) is 0 Å². The molecular formula is C55H38N4O. The predicted molar refractivity (Wildman–Crippen MR) is 249 cm³/mol. The summed E-state index contributed by atoms with van der Waals surface area (Å²) < 4.78 is 9.07. The predicted octanol–water partition coefficient (Wildman–Crippen LogP) is 14.3. The highest BCUT2D eigenvalue weighted by Crippen LogP contribution is 2.51. The molecule has 5 heteroatoms. The maximum absolute atomic E-state index is 6.64. The van der Waals surface area contributed by atoms with Gasteiger partial charge in [0.2, 0.25) is 6.29 Å². The van der Waals surface area contributed by atoms with Crippen molar-refractivity contribution in [1.29, 1.82) is 0 Å². The van der Waals surface area contributed by atoms with Gasteiger partial charge in [0.1, 0.15) is 0 Å². The normalized spacial score (nSPS) is 14.4. The lowest BCUT2D eigenvalue weighted by atomic mass is 9.96. The Morgan fingerprint density at radius 3 is 1.92 bits per heavy atom. The van der Waals surface area contributed by atoms with Crippen LogP contribution in [0.25, 0.3) is 54.8 Å². The first-order valence-electron chi connectivity index (χ1n) is 20.5. The average Bonchev–Trinajstić information content (AvgIpc) is 3.65. The molecule has 1 unspecified atom stereocenters. The van der Waals surface area contributed by atoms with Crippen LogP contribution >= 0.6 is 0 Å². The molecule has 5 nitrogen and oxygen atoms in total. The van der Waals surface area contributed by atoms with Crippen LogP contribution in [0, 0.1) is 0 Å². The lowest BCUT2D eigenvalue weighted by Gasteiger charge is -2.35. The van der Waals surface area contributed by atoms with Crippen molar-refractivity contribution < 1.29 is 4.74 Å². The molecule has 0 N–H and O–H groups in total. The third kappa shape index (κ3) is 5.36. The summed E-state index contributed by atoms with van der Waals surface area (Å²) in [7, 11) is 2.17. The van der Waals surface area contributed by atoms with Crippen LogP contribution in [-0.4, -0.2) is 17.3 Å². The van der Waals surface area contributed by atoms with Crippen LogP contribution in [0.3, 0.4) is 0 Å². The van der Waals surface area contributed by atoms with Crippen LogP contribution in [0.1, 0.15) is 17.4 Å². The molecule has 0 saturated carbocycles. The third-order valence-corrected chi connectivity index (χ3v) is 12.2. The lowest BCUT2D eigenvalue weighted by molar-refractivity contribution is 0.477. The summed E-state index contributed by atoms with van der Waals surface area (Å²) in [5, 5.41) is 4.84. The van der Waals surface area contributed by atoms with Crippen LogP contribution in [0.5, 0.6) is 11.5 Å². The Labute approximate surface area is 348 Å². The topological polar surface area (TPSA) is 33.0 Å². The number of aromatic nitrogens is 1. The van der Waals surface area contributed by atoms with E-state index >= 15 is 0 Å². The molecule has 2 aliphatic rings. The van der Waals surface area contributed by atoms with Crippen LogP contribution in [0.15, 0.2) is 211 Å². The molecule has 0 fully saturated rings. The van der Waals surface area contributed by atoms with Crippen molar-refractivity contribution in [3.05, 3.63) is 217 Å². The maximum Gasteiger partial charge on any atom is 0.203 e. The Morgan fingerprint density at radius 2 is 1.07 bits per heavy atom. The number of hydrogen-bond donors (Lipinski definition) is 0. The number of fused-ring (bicyclic) bond motifs is 8. The van der Waals surface area contributed by atoms with Gasteiger partial charge in [0, 0.05) is 40.3 Å². The highest BCUT2D eigenvalue weighted by molar-refractivity contribution is 6.22. The van der Waals surface area contributed by atoms with E-state index in [1.807, 2.05) is 12.1 Å². The average molecular weight is 771 g/mol. The van der Waals surface area contributed by atoms with Crippen molar-refractivity contribution in [2.24, 2.45) is 4.99 Å². The number of rotatable bonds is 5. The van der Waals surface area contributed by atoms with Crippen LogP contribution in [0.4, 0.5) is 22.7 Å². The number of ether oxygens (including phenoxy) is 1. The molecule has 0 amide bonds. The first-order valence-corrected chi connectivity index (χ1v) is 20.5.